The van der Waals surface area contributed by atoms with Crippen molar-refractivity contribution in [2.24, 2.45) is 5.73 Å². The molecule has 126 valence electrons. The Morgan fingerprint density at radius 3 is 2.74 bits per heavy atom. The highest BCUT2D eigenvalue weighted by Gasteiger charge is 2.24. The van der Waals surface area contributed by atoms with Crippen LogP contribution in [0.2, 0.25) is 0 Å². The number of allylic oxidation sites excluding steroid dienone is 7. The van der Waals surface area contributed by atoms with Gasteiger partial charge in [0.25, 0.3) is 0 Å². The summed E-state index contributed by atoms with van der Waals surface area (Å²) in [7, 11) is 1.68. The third-order valence-corrected chi connectivity index (χ3v) is 4.40. The van der Waals surface area contributed by atoms with E-state index < -0.39 is 0 Å². The quantitative estimate of drug-likeness (QED) is 0.799. The summed E-state index contributed by atoms with van der Waals surface area (Å²) >= 11 is 0. The van der Waals surface area contributed by atoms with Gasteiger partial charge in [-0.3, -0.25) is 0 Å². The minimum absolute atomic E-state index is 0.372. The Morgan fingerprint density at radius 1 is 1.22 bits per heavy atom. The molecule has 1 aliphatic carbocycles. The molecular formula is C20H29NO2. The van der Waals surface area contributed by atoms with Gasteiger partial charge in [0.15, 0.2) is 0 Å². The standard InChI is InChI=1S/C20H29NO2/c1-16-6-4-3-5-7-17(9-13-20(16)22-2)8-10-18-11-12-19(23-18)14-15-21/h3-6,9,13,18-19H,1,7-8,10-12,14-15,21H2,2H3/b5-3-,6-4-,17-9+,20-13+. The fourth-order valence-electron chi connectivity index (χ4n) is 3.04. The van der Waals surface area contributed by atoms with Crippen LogP contribution >= 0.6 is 0 Å². The van der Waals surface area contributed by atoms with E-state index in [-0.39, 0.29) is 0 Å². The molecule has 23 heavy (non-hydrogen) atoms. The van der Waals surface area contributed by atoms with Crippen molar-refractivity contribution < 1.29 is 9.47 Å². The molecule has 2 unspecified atom stereocenters. The number of methoxy groups -OCH3 is 1. The van der Waals surface area contributed by atoms with Crippen molar-refractivity contribution in [1.29, 1.82) is 0 Å². The molecule has 0 saturated carbocycles. The Hall–Kier alpha value is -1.58. The fourth-order valence-corrected chi connectivity index (χ4v) is 3.04. The SMILES string of the molecule is C=C1/C=C\C=C/C/C(CCC2CCC(CCN)O2)=C\C=C/1OC. The van der Waals surface area contributed by atoms with E-state index in [2.05, 4.69) is 24.8 Å². The summed E-state index contributed by atoms with van der Waals surface area (Å²) in [5.41, 5.74) is 7.89. The number of hydrogen-bond acceptors (Lipinski definition) is 3. The lowest BCUT2D eigenvalue weighted by Gasteiger charge is -2.14. The first-order chi connectivity index (χ1) is 11.2. The van der Waals surface area contributed by atoms with Gasteiger partial charge in [0, 0.05) is 5.57 Å². The maximum Gasteiger partial charge on any atom is 0.125 e. The van der Waals surface area contributed by atoms with Crippen LogP contribution in [0.15, 0.2) is 59.9 Å². The Bertz CT molecular complexity index is 514. The zero-order chi connectivity index (χ0) is 16.5. The van der Waals surface area contributed by atoms with Crippen molar-refractivity contribution in [2.75, 3.05) is 13.7 Å². The van der Waals surface area contributed by atoms with E-state index in [0.717, 1.165) is 56.4 Å². The molecule has 0 spiro atoms. The van der Waals surface area contributed by atoms with Gasteiger partial charge >= 0.3 is 0 Å². The van der Waals surface area contributed by atoms with Crippen LogP contribution in [0, 0.1) is 0 Å². The van der Waals surface area contributed by atoms with E-state index in [1.54, 1.807) is 7.11 Å². The lowest BCUT2D eigenvalue weighted by Crippen LogP contribution is -2.15. The second-order valence-corrected chi connectivity index (χ2v) is 6.15. The molecule has 2 N–H and O–H groups in total. The minimum Gasteiger partial charge on any atom is -0.496 e. The molecule has 0 amide bonds. The zero-order valence-corrected chi connectivity index (χ0v) is 14.2. The number of hydrogen-bond donors (Lipinski definition) is 1. The van der Waals surface area contributed by atoms with Crippen LogP contribution in [0.25, 0.3) is 0 Å². The summed E-state index contributed by atoms with van der Waals surface area (Å²) in [6, 6.07) is 0. The Morgan fingerprint density at radius 2 is 2.00 bits per heavy atom. The first-order valence-corrected chi connectivity index (χ1v) is 8.54. The Balaban J connectivity index is 1.93. The molecule has 1 saturated heterocycles. The van der Waals surface area contributed by atoms with Crippen LogP contribution in [0.1, 0.15) is 38.5 Å². The largest absolute Gasteiger partial charge is 0.496 e. The fraction of sp³-hybridized carbons (Fsp3) is 0.500. The molecule has 2 aliphatic rings. The summed E-state index contributed by atoms with van der Waals surface area (Å²) in [4.78, 5) is 0. The highest BCUT2D eigenvalue weighted by atomic mass is 16.5. The lowest BCUT2D eigenvalue weighted by molar-refractivity contribution is 0.0377. The average molecular weight is 315 g/mol. The molecule has 3 nitrogen and oxygen atoms in total. The monoisotopic (exact) mass is 315 g/mol. The van der Waals surface area contributed by atoms with E-state index in [0.29, 0.717) is 12.2 Å². The van der Waals surface area contributed by atoms with Crippen molar-refractivity contribution in [2.45, 2.75) is 50.7 Å². The first-order valence-electron chi connectivity index (χ1n) is 8.54. The second-order valence-electron chi connectivity index (χ2n) is 6.15. The van der Waals surface area contributed by atoms with Crippen molar-refractivity contribution >= 4 is 0 Å². The molecule has 0 aromatic heterocycles. The number of nitrogens with two attached hydrogens (primary N) is 1. The van der Waals surface area contributed by atoms with E-state index >= 15 is 0 Å². The highest BCUT2D eigenvalue weighted by molar-refractivity contribution is 5.38. The number of rotatable bonds is 6. The Labute approximate surface area is 140 Å². The third kappa shape index (κ3) is 5.85. The molecule has 0 radical (unpaired) electrons. The molecule has 2 atom stereocenters. The van der Waals surface area contributed by atoms with Gasteiger partial charge in [0.1, 0.15) is 5.76 Å². The predicted octanol–water partition coefficient (Wildman–Crippen LogP) is 4.19. The molecule has 1 aliphatic heterocycles. The first kappa shape index (κ1) is 17.8. The zero-order valence-electron chi connectivity index (χ0n) is 14.2. The van der Waals surface area contributed by atoms with Crippen LogP contribution in [0.5, 0.6) is 0 Å². The average Bonchev–Trinajstić information content (AvgIpc) is 3.00. The van der Waals surface area contributed by atoms with Crippen LogP contribution in [0.4, 0.5) is 0 Å². The Kier molecular flexibility index (Phi) is 7.37. The van der Waals surface area contributed by atoms with E-state index in [4.69, 9.17) is 15.2 Å². The van der Waals surface area contributed by atoms with Crippen LogP contribution in [-0.2, 0) is 9.47 Å². The van der Waals surface area contributed by atoms with Gasteiger partial charge in [-0.05, 0) is 51.1 Å². The summed E-state index contributed by atoms with van der Waals surface area (Å²) in [6.45, 7) is 4.74. The molecule has 0 aromatic rings. The van der Waals surface area contributed by atoms with E-state index in [9.17, 15) is 0 Å². The van der Waals surface area contributed by atoms with E-state index in [1.807, 2.05) is 18.2 Å². The van der Waals surface area contributed by atoms with Gasteiger partial charge in [-0.25, -0.2) is 0 Å². The lowest BCUT2D eigenvalue weighted by atomic mass is 10.0. The van der Waals surface area contributed by atoms with Crippen molar-refractivity contribution in [3.8, 4) is 0 Å². The summed E-state index contributed by atoms with van der Waals surface area (Å²) in [6.07, 6.45) is 19.6. The van der Waals surface area contributed by atoms with Crippen LogP contribution in [0.3, 0.4) is 0 Å². The van der Waals surface area contributed by atoms with Gasteiger partial charge in [0.05, 0.1) is 19.3 Å². The summed E-state index contributed by atoms with van der Waals surface area (Å²) in [5, 5.41) is 0. The maximum atomic E-state index is 6.06. The molecule has 0 aromatic carbocycles. The molecule has 1 heterocycles. The molecule has 3 heteroatoms. The second kappa shape index (κ2) is 9.53. The molecule has 2 rings (SSSR count). The molecular weight excluding hydrogens is 286 g/mol. The maximum absolute atomic E-state index is 6.06. The van der Waals surface area contributed by atoms with Crippen LogP contribution < -0.4 is 5.73 Å². The van der Waals surface area contributed by atoms with Crippen molar-refractivity contribution in [3.63, 3.8) is 0 Å². The molecule has 1 fully saturated rings. The van der Waals surface area contributed by atoms with Gasteiger partial charge < -0.3 is 15.2 Å². The third-order valence-electron chi connectivity index (χ3n) is 4.40. The summed E-state index contributed by atoms with van der Waals surface area (Å²) < 4.78 is 11.5. The smallest absolute Gasteiger partial charge is 0.125 e. The van der Waals surface area contributed by atoms with Gasteiger partial charge in [-0.2, -0.15) is 0 Å². The van der Waals surface area contributed by atoms with E-state index in [1.165, 1.54) is 5.57 Å². The van der Waals surface area contributed by atoms with Crippen molar-refractivity contribution in [3.05, 3.63) is 59.9 Å². The number of ether oxygens (including phenoxy) is 2. The van der Waals surface area contributed by atoms with Gasteiger partial charge in [-0.15, -0.1) is 0 Å². The van der Waals surface area contributed by atoms with Gasteiger partial charge in [-0.1, -0.05) is 42.5 Å². The van der Waals surface area contributed by atoms with Crippen LogP contribution in [-0.4, -0.2) is 25.9 Å². The minimum atomic E-state index is 0.372. The predicted molar refractivity (Wildman–Crippen MR) is 96.0 cm³/mol. The topological polar surface area (TPSA) is 44.5 Å². The van der Waals surface area contributed by atoms with Gasteiger partial charge in [0.2, 0.25) is 0 Å². The summed E-state index contributed by atoms with van der Waals surface area (Å²) in [5.74, 6) is 0.814. The molecule has 0 bridgehead atoms. The normalized spacial score (nSPS) is 32.5. The highest BCUT2D eigenvalue weighted by Crippen LogP contribution is 2.27. The van der Waals surface area contributed by atoms with Crippen molar-refractivity contribution in [1.82, 2.24) is 0 Å².